The van der Waals surface area contributed by atoms with E-state index in [1.165, 1.54) is 12.1 Å². The predicted molar refractivity (Wildman–Crippen MR) is 131 cm³/mol. The summed E-state index contributed by atoms with van der Waals surface area (Å²) in [5.74, 6) is -0.818. The van der Waals surface area contributed by atoms with Crippen LogP contribution in [0, 0.1) is 24.0 Å². The predicted octanol–water partition coefficient (Wildman–Crippen LogP) is 6.06. The van der Waals surface area contributed by atoms with Crippen molar-refractivity contribution in [3.63, 3.8) is 0 Å². The van der Waals surface area contributed by atoms with E-state index in [1.54, 1.807) is 61.9 Å². The van der Waals surface area contributed by atoms with Crippen molar-refractivity contribution in [3.05, 3.63) is 87.4 Å². The van der Waals surface area contributed by atoms with Crippen molar-refractivity contribution in [2.45, 2.75) is 40.3 Å². The molecule has 0 aliphatic carbocycles. The van der Waals surface area contributed by atoms with E-state index in [2.05, 4.69) is 25.9 Å². The molecular formula is C26H24BrF2N3O3. The highest BCUT2D eigenvalue weighted by Gasteiger charge is 2.30. The lowest BCUT2D eigenvalue weighted by Gasteiger charge is -2.20. The number of halogens is 3. The highest BCUT2D eigenvalue weighted by atomic mass is 79.9. The Bertz CT molecular complexity index is 1420. The van der Waals surface area contributed by atoms with Gasteiger partial charge in [-0.3, -0.25) is 9.78 Å². The summed E-state index contributed by atoms with van der Waals surface area (Å²) in [7, 11) is 0. The van der Waals surface area contributed by atoms with Gasteiger partial charge in [0, 0.05) is 28.7 Å². The number of carboxylic acids is 1. The zero-order chi connectivity index (χ0) is 25.3. The molecule has 9 heteroatoms. The lowest BCUT2D eigenvalue weighted by Crippen LogP contribution is -2.28. The number of aromatic nitrogens is 3. The molecule has 2 heterocycles. The molecule has 0 amide bonds. The molecule has 2 aromatic heterocycles. The van der Waals surface area contributed by atoms with Crippen molar-refractivity contribution >= 4 is 32.9 Å². The summed E-state index contributed by atoms with van der Waals surface area (Å²) in [6, 6.07) is 11.3. The molecule has 6 nitrogen and oxygen atoms in total. The number of nitrogens with zero attached hydrogens (tertiary/aromatic N) is 3. The zero-order valence-corrected chi connectivity index (χ0v) is 21.1. The topological polar surface area (TPSA) is 77.2 Å². The number of carboxylic acid groups (broad SMARTS) is 1. The minimum absolute atomic E-state index is 0.0646. The van der Waals surface area contributed by atoms with Crippen LogP contribution in [-0.4, -0.2) is 25.6 Å². The van der Waals surface area contributed by atoms with Gasteiger partial charge in [-0.15, -0.1) is 0 Å². The Kier molecular flexibility index (Phi) is 6.89. The van der Waals surface area contributed by atoms with E-state index in [9.17, 15) is 18.7 Å². The lowest BCUT2D eigenvalue weighted by molar-refractivity contribution is -0.146. The number of fused-ring (bicyclic) bond motifs is 1. The molecule has 0 saturated heterocycles. The Morgan fingerprint density at radius 3 is 2.63 bits per heavy atom. The molecule has 0 aliphatic rings. The molecular weight excluding hydrogens is 520 g/mol. The third-order valence-electron chi connectivity index (χ3n) is 5.74. The van der Waals surface area contributed by atoms with Gasteiger partial charge < -0.3 is 14.4 Å². The first kappa shape index (κ1) is 24.8. The Morgan fingerprint density at radius 2 is 1.91 bits per heavy atom. The fourth-order valence-electron chi connectivity index (χ4n) is 3.68. The van der Waals surface area contributed by atoms with Gasteiger partial charge in [0.1, 0.15) is 35.5 Å². The van der Waals surface area contributed by atoms with Crippen molar-refractivity contribution < 1.29 is 23.4 Å². The molecule has 0 saturated carbocycles. The van der Waals surface area contributed by atoms with Gasteiger partial charge in [0.15, 0.2) is 0 Å². The minimum atomic E-state index is -1.08. The molecule has 4 aromatic rings. The van der Waals surface area contributed by atoms with Gasteiger partial charge in [-0.25, -0.2) is 13.8 Å². The Balaban J connectivity index is 1.73. The number of hydrogen-bond acceptors (Lipinski definition) is 4. The van der Waals surface area contributed by atoms with Gasteiger partial charge >= 0.3 is 5.97 Å². The summed E-state index contributed by atoms with van der Waals surface area (Å²) in [5, 5.41) is 9.64. The van der Waals surface area contributed by atoms with Crippen molar-refractivity contribution in [2.24, 2.45) is 5.41 Å². The third-order valence-corrected chi connectivity index (χ3v) is 6.24. The van der Waals surface area contributed by atoms with Gasteiger partial charge in [-0.1, -0.05) is 15.9 Å². The molecule has 0 radical (unpaired) electrons. The summed E-state index contributed by atoms with van der Waals surface area (Å²) in [5.41, 5.74) is 1.50. The summed E-state index contributed by atoms with van der Waals surface area (Å²) < 4.78 is 37.1. The number of carbonyl (C=O) groups is 1. The molecule has 0 atom stereocenters. The van der Waals surface area contributed by atoms with Crippen LogP contribution < -0.4 is 4.74 Å². The van der Waals surface area contributed by atoms with Crippen LogP contribution in [0.25, 0.3) is 11.0 Å². The highest BCUT2D eigenvalue weighted by molar-refractivity contribution is 9.10. The SMILES string of the molecule is Cc1cnc(COc2ccc3nc(CC(C)(C)C(=O)O)n(Cc4cc(Br)ccc4F)c3c2)c(F)c1. The minimum Gasteiger partial charge on any atom is -0.487 e. The van der Waals surface area contributed by atoms with E-state index in [0.29, 0.717) is 33.7 Å². The number of benzene rings is 2. The van der Waals surface area contributed by atoms with Crippen molar-refractivity contribution in [2.75, 3.05) is 0 Å². The molecule has 0 fully saturated rings. The fourth-order valence-corrected chi connectivity index (χ4v) is 4.09. The van der Waals surface area contributed by atoms with Crippen LogP contribution in [0.5, 0.6) is 5.75 Å². The van der Waals surface area contributed by atoms with Crippen LogP contribution in [0.4, 0.5) is 8.78 Å². The number of imidazole rings is 1. The van der Waals surface area contributed by atoms with Crippen molar-refractivity contribution in [1.29, 1.82) is 0 Å². The average molecular weight is 544 g/mol. The van der Waals surface area contributed by atoms with E-state index < -0.39 is 17.2 Å². The standard InChI is InChI=1S/C26H24BrF2N3O3/c1-15-8-20(29)22(30-12-15)14-35-18-5-7-21-23(10-18)32(13-16-9-17(27)4-6-19(16)28)24(31-21)11-26(2,3)25(33)34/h4-10,12H,11,13-14H2,1-3H3,(H,33,34). The van der Waals surface area contributed by atoms with Gasteiger partial charge in [0.05, 0.1) is 23.0 Å². The molecule has 0 unspecified atom stereocenters. The molecule has 182 valence electrons. The molecule has 0 spiro atoms. The number of aryl methyl sites for hydroxylation is 1. The number of pyridine rings is 1. The van der Waals surface area contributed by atoms with Crippen LogP contribution in [0.2, 0.25) is 0 Å². The average Bonchev–Trinajstić information content (AvgIpc) is 3.11. The van der Waals surface area contributed by atoms with Gasteiger partial charge in [0.2, 0.25) is 0 Å². The zero-order valence-electron chi connectivity index (χ0n) is 19.5. The molecule has 4 rings (SSSR count). The van der Waals surface area contributed by atoms with Gasteiger partial charge in [-0.2, -0.15) is 0 Å². The summed E-state index contributed by atoms with van der Waals surface area (Å²) in [6.07, 6.45) is 1.71. The summed E-state index contributed by atoms with van der Waals surface area (Å²) in [4.78, 5) is 20.5. The van der Waals surface area contributed by atoms with E-state index in [-0.39, 0.29) is 31.1 Å². The van der Waals surface area contributed by atoms with Crippen LogP contribution in [0.1, 0.15) is 36.5 Å². The molecule has 0 bridgehead atoms. The van der Waals surface area contributed by atoms with Crippen molar-refractivity contribution in [1.82, 2.24) is 14.5 Å². The van der Waals surface area contributed by atoms with Crippen LogP contribution >= 0.6 is 15.9 Å². The number of hydrogen-bond donors (Lipinski definition) is 1. The molecule has 0 aliphatic heterocycles. The van der Waals surface area contributed by atoms with E-state index in [4.69, 9.17) is 4.74 Å². The quantitative estimate of drug-likeness (QED) is 0.292. The van der Waals surface area contributed by atoms with Crippen LogP contribution in [0.15, 0.2) is 53.1 Å². The van der Waals surface area contributed by atoms with Crippen LogP contribution in [-0.2, 0) is 24.4 Å². The smallest absolute Gasteiger partial charge is 0.309 e. The monoisotopic (exact) mass is 543 g/mol. The largest absolute Gasteiger partial charge is 0.487 e. The Hall–Kier alpha value is -3.33. The van der Waals surface area contributed by atoms with Gasteiger partial charge in [-0.05, 0) is 62.7 Å². The second kappa shape index (κ2) is 9.73. The molecule has 1 N–H and O–H groups in total. The third kappa shape index (κ3) is 5.51. The first-order valence-corrected chi connectivity index (χ1v) is 11.7. The second-order valence-corrected chi connectivity index (χ2v) is 10.0. The first-order valence-electron chi connectivity index (χ1n) is 10.9. The summed E-state index contributed by atoms with van der Waals surface area (Å²) >= 11 is 3.38. The first-order chi connectivity index (χ1) is 16.5. The van der Waals surface area contributed by atoms with Crippen LogP contribution in [0.3, 0.4) is 0 Å². The normalized spacial score (nSPS) is 11.7. The molecule has 35 heavy (non-hydrogen) atoms. The number of rotatable bonds is 8. The highest BCUT2D eigenvalue weighted by Crippen LogP contribution is 2.29. The van der Waals surface area contributed by atoms with E-state index in [0.717, 1.165) is 4.47 Å². The maximum Gasteiger partial charge on any atom is 0.309 e. The Labute approximate surface area is 209 Å². The fraction of sp³-hybridized carbons (Fsp3) is 0.269. The maximum absolute atomic E-state index is 14.6. The van der Waals surface area contributed by atoms with E-state index >= 15 is 0 Å². The number of aliphatic carboxylic acids is 1. The maximum atomic E-state index is 14.6. The Morgan fingerprint density at radius 1 is 1.14 bits per heavy atom. The lowest BCUT2D eigenvalue weighted by atomic mass is 9.89. The molecule has 2 aromatic carbocycles. The van der Waals surface area contributed by atoms with E-state index in [1.807, 2.05) is 0 Å². The number of ether oxygens (including phenoxy) is 1. The summed E-state index contributed by atoms with van der Waals surface area (Å²) in [6.45, 7) is 5.08. The van der Waals surface area contributed by atoms with Gasteiger partial charge in [0.25, 0.3) is 0 Å². The second-order valence-electron chi connectivity index (χ2n) is 9.10. The van der Waals surface area contributed by atoms with Crippen molar-refractivity contribution in [3.8, 4) is 5.75 Å².